The molecule has 5 heteroatoms. The molecule has 0 radical (unpaired) electrons. The van der Waals surface area contributed by atoms with Gasteiger partial charge in [-0.1, -0.05) is 74.8 Å². The maximum atomic E-state index is 12.5. The number of halogens is 1. The van der Waals surface area contributed by atoms with Gasteiger partial charge in [-0.2, -0.15) is 0 Å². The Morgan fingerprint density at radius 3 is 2.60 bits per heavy atom. The van der Waals surface area contributed by atoms with Crippen LogP contribution in [0.4, 0.5) is 5.69 Å². The lowest BCUT2D eigenvalue weighted by molar-refractivity contribution is -0.118. The van der Waals surface area contributed by atoms with E-state index >= 15 is 0 Å². The lowest BCUT2D eigenvalue weighted by atomic mass is 9.76. The molecule has 1 heterocycles. The molecule has 1 saturated heterocycles. The molecule has 3 aromatic rings. The Kier molecular flexibility index (Phi) is 8.48. The molecule has 1 amide bonds. The molecule has 35 heavy (non-hydrogen) atoms. The van der Waals surface area contributed by atoms with Crippen LogP contribution in [0.3, 0.4) is 0 Å². The van der Waals surface area contributed by atoms with Gasteiger partial charge in [-0.05, 0) is 71.7 Å². The summed E-state index contributed by atoms with van der Waals surface area (Å²) in [5.74, 6) is 1.64. The monoisotopic (exact) mass is 491 g/mol. The van der Waals surface area contributed by atoms with Crippen molar-refractivity contribution in [2.75, 3.05) is 18.5 Å². The van der Waals surface area contributed by atoms with Gasteiger partial charge in [0.2, 0.25) is 0 Å². The van der Waals surface area contributed by atoms with Gasteiger partial charge in [-0.3, -0.25) is 4.79 Å². The van der Waals surface area contributed by atoms with E-state index in [0.717, 1.165) is 34.7 Å². The highest BCUT2D eigenvalue weighted by Crippen LogP contribution is 2.44. The van der Waals surface area contributed by atoms with Gasteiger partial charge >= 0.3 is 0 Å². The molecule has 0 spiro atoms. The van der Waals surface area contributed by atoms with Gasteiger partial charge in [0.05, 0.1) is 12.7 Å². The summed E-state index contributed by atoms with van der Waals surface area (Å²) in [4.78, 5) is 12.5. The molecule has 1 aliphatic heterocycles. The molecule has 1 aliphatic rings. The van der Waals surface area contributed by atoms with Crippen LogP contribution in [0.2, 0.25) is 5.02 Å². The Balaban J connectivity index is 1.41. The second-order valence-electron chi connectivity index (χ2n) is 9.57. The van der Waals surface area contributed by atoms with Crippen LogP contribution in [0.15, 0.2) is 72.8 Å². The molecular weight excluding hydrogens is 458 g/mol. The number of para-hydroxylation sites is 1. The van der Waals surface area contributed by atoms with Crippen LogP contribution >= 0.6 is 11.6 Å². The number of hydrogen-bond donors (Lipinski definition) is 1. The summed E-state index contributed by atoms with van der Waals surface area (Å²) in [5.41, 5.74) is 4.26. The first kappa shape index (κ1) is 25.3. The second-order valence-corrected chi connectivity index (χ2v) is 10.0. The van der Waals surface area contributed by atoms with Gasteiger partial charge in [0, 0.05) is 16.6 Å². The number of carbonyl (C=O) groups excluding carboxylic acids is 1. The molecule has 1 N–H and O–H groups in total. The fraction of sp³-hybridized carbons (Fsp3) is 0.367. The van der Waals surface area contributed by atoms with Crippen LogP contribution in [0.5, 0.6) is 5.75 Å². The molecule has 3 atom stereocenters. The third kappa shape index (κ3) is 6.45. The van der Waals surface area contributed by atoms with Gasteiger partial charge in [0.15, 0.2) is 6.61 Å². The minimum Gasteiger partial charge on any atom is -0.484 e. The first-order chi connectivity index (χ1) is 16.9. The van der Waals surface area contributed by atoms with Crippen LogP contribution in [-0.2, 0) is 16.0 Å². The maximum absolute atomic E-state index is 12.5. The standard InChI is InChI=1S/C30H34ClNO3/c1-4-21-9-5-6-14-28(21)32-29(33)19-34-26-13-8-11-23(16-26)30-27(20(2)3)17-24(18-35-30)22-10-7-12-25(31)15-22/h5-16,20,24,27,30H,4,17-19H2,1-3H3,(H,32,33)/t24-,27-,30-/m0/s1. The van der Waals surface area contributed by atoms with Gasteiger partial charge in [-0.25, -0.2) is 0 Å². The lowest BCUT2D eigenvalue weighted by Crippen LogP contribution is -2.31. The average Bonchev–Trinajstić information content (AvgIpc) is 2.87. The van der Waals surface area contributed by atoms with Gasteiger partial charge in [0.25, 0.3) is 5.91 Å². The van der Waals surface area contributed by atoms with Gasteiger partial charge in [0.1, 0.15) is 5.75 Å². The third-order valence-corrected chi connectivity index (χ3v) is 7.06. The second kappa shape index (κ2) is 11.7. The molecule has 0 bridgehead atoms. The fourth-order valence-corrected chi connectivity index (χ4v) is 5.09. The molecular formula is C30H34ClNO3. The predicted molar refractivity (Wildman–Crippen MR) is 142 cm³/mol. The summed E-state index contributed by atoms with van der Waals surface area (Å²) in [6.07, 6.45) is 1.88. The van der Waals surface area contributed by atoms with Crippen molar-refractivity contribution >= 4 is 23.2 Å². The van der Waals surface area contributed by atoms with Crippen molar-refractivity contribution < 1.29 is 14.3 Å². The number of benzene rings is 3. The summed E-state index contributed by atoms with van der Waals surface area (Å²) in [6, 6.07) is 23.9. The summed E-state index contributed by atoms with van der Waals surface area (Å²) in [7, 11) is 0. The topological polar surface area (TPSA) is 47.6 Å². The van der Waals surface area contributed by atoms with E-state index in [2.05, 4.69) is 38.2 Å². The van der Waals surface area contributed by atoms with E-state index in [0.29, 0.717) is 30.1 Å². The molecule has 4 rings (SSSR count). The maximum Gasteiger partial charge on any atom is 0.262 e. The molecule has 1 fully saturated rings. The quantitative estimate of drug-likeness (QED) is 0.356. The average molecular weight is 492 g/mol. The van der Waals surface area contributed by atoms with Crippen molar-refractivity contribution in [1.29, 1.82) is 0 Å². The van der Waals surface area contributed by atoms with E-state index in [-0.39, 0.29) is 18.6 Å². The number of amides is 1. The SMILES string of the molecule is CCc1ccccc1NC(=O)COc1cccc([C@@H]2OC[C@@H](c3cccc(Cl)c3)C[C@H]2C(C)C)c1. The number of ether oxygens (including phenoxy) is 2. The highest BCUT2D eigenvalue weighted by Gasteiger charge is 2.35. The van der Waals surface area contributed by atoms with Crippen LogP contribution < -0.4 is 10.1 Å². The van der Waals surface area contributed by atoms with Crippen LogP contribution in [-0.4, -0.2) is 19.1 Å². The highest BCUT2D eigenvalue weighted by atomic mass is 35.5. The van der Waals surface area contributed by atoms with E-state index < -0.39 is 0 Å². The van der Waals surface area contributed by atoms with Crippen LogP contribution in [0, 0.1) is 11.8 Å². The van der Waals surface area contributed by atoms with Gasteiger partial charge < -0.3 is 14.8 Å². The molecule has 3 aromatic carbocycles. The zero-order chi connectivity index (χ0) is 24.8. The van der Waals surface area contributed by atoms with E-state index in [1.165, 1.54) is 5.56 Å². The minimum absolute atomic E-state index is 0.0146. The normalized spacial score (nSPS) is 20.0. The zero-order valence-electron chi connectivity index (χ0n) is 20.7. The minimum atomic E-state index is -0.172. The number of carbonyl (C=O) groups is 1. The number of rotatable bonds is 8. The Labute approximate surface area is 213 Å². The van der Waals surface area contributed by atoms with Crippen molar-refractivity contribution in [2.24, 2.45) is 11.8 Å². The smallest absolute Gasteiger partial charge is 0.262 e. The van der Waals surface area contributed by atoms with E-state index in [9.17, 15) is 4.79 Å². The summed E-state index contributed by atoms with van der Waals surface area (Å²) < 4.78 is 12.3. The first-order valence-electron chi connectivity index (χ1n) is 12.4. The van der Waals surface area contributed by atoms with Crippen molar-refractivity contribution in [3.63, 3.8) is 0 Å². The van der Waals surface area contributed by atoms with E-state index in [4.69, 9.17) is 21.1 Å². The van der Waals surface area contributed by atoms with E-state index in [1.54, 1.807) is 0 Å². The van der Waals surface area contributed by atoms with Crippen molar-refractivity contribution in [2.45, 2.75) is 45.6 Å². The lowest BCUT2D eigenvalue weighted by Gasteiger charge is -2.39. The van der Waals surface area contributed by atoms with E-state index in [1.807, 2.05) is 60.7 Å². The third-order valence-electron chi connectivity index (χ3n) is 6.83. The van der Waals surface area contributed by atoms with Crippen molar-refractivity contribution in [3.05, 3.63) is 94.5 Å². The zero-order valence-corrected chi connectivity index (χ0v) is 21.4. The molecule has 0 aromatic heterocycles. The first-order valence-corrected chi connectivity index (χ1v) is 12.8. The Bertz CT molecular complexity index is 1150. The van der Waals surface area contributed by atoms with Crippen molar-refractivity contribution in [1.82, 2.24) is 0 Å². The molecule has 0 aliphatic carbocycles. The summed E-state index contributed by atoms with van der Waals surface area (Å²) in [6.45, 7) is 7.18. The molecule has 4 nitrogen and oxygen atoms in total. The number of hydrogen-bond acceptors (Lipinski definition) is 3. The highest BCUT2D eigenvalue weighted by molar-refractivity contribution is 6.30. The predicted octanol–water partition coefficient (Wildman–Crippen LogP) is 7.44. The molecule has 0 saturated carbocycles. The summed E-state index contributed by atoms with van der Waals surface area (Å²) >= 11 is 6.23. The van der Waals surface area contributed by atoms with Gasteiger partial charge in [-0.15, -0.1) is 0 Å². The fourth-order valence-electron chi connectivity index (χ4n) is 4.89. The Hall–Kier alpha value is -2.82. The van der Waals surface area contributed by atoms with Crippen LogP contribution in [0.1, 0.15) is 55.9 Å². The summed E-state index contributed by atoms with van der Waals surface area (Å²) in [5, 5.41) is 3.72. The largest absolute Gasteiger partial charge is 0.484 e. The number of nitrogens with one attached hydrogen (secondary N) is 1. The number of aryl methyl sites for hydroxylation is 1. The molecule has 184 valence electrons. The Morgan fingerprint density at radius 1 is 1.06 bits per heavy atom. The number of anilines is 1. The van der Waals surface area contributed by atoms with Crippen LogP contribution in [0.25, 0.3) is 0 Å². The Morgan fingerprint density at radius 2 is 1.83 bits per heavy atom. The molecule has 0 unspecified atom stereocenters. The van der Waals surface area contributed by atoms with Crippen molar-refractivity contribution in [3.8, 4) is 5.75 Å².